The molecule has 1 N–H and O–H groups in total. The number of H-pyrrole nitrogens is 1. The fourth-order valence-corrected chi connectivity index (χ4v) is 1.42. The highest BCUT2D eigenvalue weighted by Gasteiger charge is 2.23. The van der Waals surface area contributed by atoms with Crippen LogP contribution < -0.4 is 10.3 Å². The molecule has 0 bridgehead atoms. The SMILES string of the molecule is CC(=O)c1nc2[n+](c(=O)[nH]1)CC(C)=C2. The van der Waals surface area contributed by atoms with Crippen LogP contribution in [0.5, 0.6) is 0 Å². The standard InChI is InChI=1S/C9H9N3O2/c1-5-3-7-10-8(6(2)13)11-9(14)12(7)4-5/h3H,4H2,1-2H3/p+1. The van der Waals surface area contributed by atoms with Crippen molar-refractivity contribution < 1.29 is 9.36 Å². The molecule has 0 atom stereocenters. The van der Waals surface area contributed by atoms with Gasteiger partial charge in [0.1, 0.15) is 0 Å². The smallest absolute Gasteiger partial charge is 0.288 e. The number of aromatic nitrogens is 3. The van der Waals surface area contributed by atoms with E-state index in [9.17, 15) is 9.59 Å². The molecule has 72 valence electrons. The summed E-state index contributed by atoms with van der Waals surface area (Å²) < 4.78 is 1.50. The van der Waals surface area contributed by atoms with E-state index >= 15 is 0 Å². The van der Waals surface area contributed by atoms with Crippen molar-refractivity contribution in [2.75, 3.05) is 0 Å². The van der Waals surface area contributed by atoms with Crippen LogP contribution in [0.25, 0.3) is 6.08 Å². The quantitative estimate of drug-likeness (QED) is 0.489. The van der Waals surface area contributed by atoms with Crippen molar-refractivity contribution in [3.05, 3.63) is 27.7 Å². The normalized spacial score (nSPS) is 13.7. The lowest BCUT2D eigenvalue weighted by Crippen LogP contribution is -2.53. The third kappa shape index (κ3) is 1.26. The molecule has 1 aliphatic heterocycles. The monoisotopic (exact) mass is 192 g/mol. The van der Waals surface area contributed by atoms with Gasteiger partial charge in [-0.2, -0.15) is 4.57 Å². The molecule has 1 aliphatic rings. The summed E-state index contributed by atoms with van der Waals surface area (Å²) in [5.74, 6) is 0.437. The number of allylic oxidation sites excluding steroid dienone is 1. The fraction of sp³-hybridized carbons (Fsp3) is 0.333. The van der Waals surface area contributed by atoms with E-state index in [4.69, 9.17) is 0 Å². The van der Waals surface area contributed by atoms with Crippen molar-refractivity contribution in [3.8, 4) is 0 Å². The second-order valence-electron chi connectivity index (χ2n) is 3.38. The molecule has 0 unspecified atom stereocenters. The lowest BCUT2D eigenvalue weighted by molar-refractivity contribution is -0.706. The van der Waals surface area contributed by atoms with Crippen LogP contribution in [0, 0.1) is 0 Å². The molecule has 0 fully saturated rings. The topological polar surface area (TPSA) is 66.7 Å². The predicted molar refractivity (Wildman–Crippen MR) is 48.7 cm³/mol. The molecule has 2 rings (SSSR count). The highest BCUT2D eigenvalue weighted by molar-refractivity contribution is 5.90. The Hall–Kier alpha value is -1.78. The summed E-state index contributed by atoms with van der Waals surface area (Å²) in [6, 6.07) is 0. The molecule has 0 amide bonds. The van der Waals surface area contributed by atoms with Gasteiger partial charge in [-0.3, -0.25) is 4.79 Å². The van der Waals surface area contributed by atoms with Gasteiger partial charge in [-0.25, -0.2) is 9.78 Å². The molecule has 0 aliphatic carbocycles. The van der Waals surface area contributed by atoms with Crippen LogP contribution in [-0.2, 0) is 6.54 Å². The van der Waals surface area contributed by atoms with Crippen LogP contribution >= 0.6 is 0 Å². The zero-order chi connectivity index (χ0) is 10.3. The molecule has 2 heterocycles. The first-order valence-corrected chi connectivity index (χ1v) is 4.30. The van der Waals surface area contributed by atoms with Gasteiger partial charge in [0, 0.05) is 13.0 Å². The molecule has 0 saturated carbocycles. The summed E-state index contributed by atoms with van der Waals surface area (Å²) in [6.45, 7) is 3.85. The van der Waals surface area contributed by atoms with Crippen LogP contribution in [0.3, 0.4) is 0 Å². The number of carbonyl (C=O) groups excluding carboxylic acids is 1. The number of Topliss-reactive ketones (excluding diaryl/α,β-unsaturated/α-hetero) is 1. The molecule has 1 aromatic heterocycles. The third-order valence-electron chi connectivity index (χ3n) is 2.09. The summed E-state index contributed by atoms with van der Waals surface area (Å²) >= 11 is 0. The van der Waals surface area contributed by atoms with Gasteiger partial charge in [0.15, 0.2) is 0 Å². The van der Waals surface area contributed by atoms with Crippen molar-refractivity contribution in [2.24, 2.45) is 0 Å². The minimum atomic E-state index is -0.284. The first-order chi connectivity index (χ1) is 6.58. The van der Waals surface area contributed by atoms with E-state index in [-0.39, 0.29) is 17.3 Å². The Bertz CT molecular complexity index is 499. The van der Waals surface area contributed by atoms with Crippen molar-refractivity contribution >= 4 is 11.9 Å². The molecular weight excluding hydrogens is 182 g/mol. The van der Waals surface area contributed by atoms with E-state index in [0.29, 0.717) is 12.4 Å². The number of ketones is 1. The third-order valence-corrected chi connectivity index (χ3v) is 2.09. The lowest BCUT2D eigenvalue weighted by Gasteiger charge is -1.93. The van der Waals surface area contributed by atoms with Gasteiger partial charge >= 0.3 is 11.5 Å². The molecular formula is C9H10N3O2+. The van der Waals surface area contributed by atoms with Crippen molar-refractivity contribution in [2.45, 2.75) is 20.4 Å². The van der Waals surface area contributed by atoms with E-state index < -0.39 is 0 Å². The molecule has 0 saturated heterocycles. The van der Waals surface area contributed by atoms with Gasteiger partial charge in [-0.1, -0.05) is 4.98 Å². The summed E-state index contributed by atoms with van der Waals surface area (Å²) in [6.07, 6.45) is 1.81. The lowest BCUT2D eigenvalue weighted by atomic mass is 10.3. The number of aromatic amines is 1. The summed E-state index contributed by atoms with van der Waals surface area (Å²) in [5.41, 5.74) is 0.775. The molecule has 14 heavy (non-hydrogen) atoms. The highest BCUT2D eigenvalue weighted by Crippen LogP contribution is 2.05. The average Bonchev–Trinajstić information content (AvgIpc) is 2.45. The maximum absolute atomic E-state index is 11.5. The van der Waals surface area contributed by atoms with Gasteiger partial charge in [0.25, 0.3) is 5.82 Å². The molecule has 0 spiro atoms. The molecule has 0 radical (unpaired) electrons. The predicted octanol–water partition coefficient (Wildman–Crippen LogP) is -0.323. The number of nitrogens with one attached hydrogen (secondary N) is 1. The zero-order valence-corrected chi connectivity index (χ0v) is 8.00. The number of rotatable bonds is 1. The Balaban J connectivity index is 2.65. The minimum Gasteiger partial charge on any atom is -0.288 e. The molecule has 5 heteroatoms. The van der Waals surface area contributed by atoms with Crippen molar-refractivity contribution in [3.63, 3.8) is 0 Å². The summed E-state index contributed by atoms with van der Waals surface area (Å²) in [7, 11) is 0. The van der Waals surface area contributed by atoms with Gasteiger partial charge in [0.2, 0.25) is 5.78 Å². The Morgan fingerprint density at radius 2 is 2.36 bits per heavy atom. The van der Waals surface area contributed by atoms with Crippen LogP contribution in [0.4, 0.5) is 0 Å². The number of fused-ring (bicyclic) bond motifs is 1. The van der Waals surface area contributed by atoms with E-state index in [1.807, 2.05) is 13.0 Å². The van der Waals surface area contributed by atoms with Crippen LogP contribution in [0.2, 0.25) is 0 Å². The number of hydrogen-bond acceptors (Lipinski definition) is 3. The second-order valence-corrected chi connectivity index (χ2v) is 3.38. The van der Waals surface area contributed by atoms with Crippen LogP contribution in [0.1, 0.15) is 30.3 Å². The number of hydrogen-bond donors (Lipinski definition) is 1. The van der Waals surface area contributed by atoms with E-state index in [1.54, 1.807) is 0 Å². The Morgan fingerprint density at radius 3 is 3.00 bits per heavy atom. The first-order valence-electron chi connectivity index (χ1n) is 4.30. The largest absolute Gasteiger partial charge is 0.444 e. The van der Waals surface area contributed by atoms with E-state index in [2.05, 4.69) is 9.97 Å². The van der Waals surface area contributed by atoms with E-state index in [0.717, 1.165) is 5.57 Å². The second kappa shape index (κ2) is 2.87. The number of carbonyl (C=O) groups is 1. The molecule has 0 aromatic carbocycles. The zero-order valence-electron chi connectivity index (χ0n) is 8.00. The van der Waals surface area contributed by atoms with Crippen LogP contribution in [0.15, 0.2) is 10.4 Å². The molecule has 5 nitrogen and oxygen atoms in total. The van der Waals surface area contributed by atoms with Gasteiger partial charge in [-0.15, -0.1) is 0 Å². The first kappa shape index (κ1) is 8.80. The fourth-order valence-electron chi connectivity index (χ4n) is 1.42. The maximum atomic E-state index is 11.5. The van der Waals surface area contributed by atoms with Gasteiger partial charge < -0.3 is 0 Å². The van der Waals surface area contributed by atoms with Crippen molar-refractivity contribution in [1.82, 2.24) is 9.97 Å². The highest BCUT2D eigenvalue weighted by atomic mass is 16.2. The number of nitrogens with zero attached hydrogens (tertiary/aromatic N) is 2. The van der Waals surface area contributed by atoms with Gasteiger partial charge in [-0.05, 0) is 12.5 Å². The Morgan fingerprint density at radius 1 is 1.64 bits per heavy atom. The van der Waals surface area contributed by atoms with Crippen molar-refractivity contribution in [1.29, 1.82) is 0 Å². The minimum absolute atomic E-state index is 0.118. The Labute approximate surface area is 80.1 Å². The summed E-state index contributed by atoms with van der Waals surface area (Å²) in [4.78, 5) is 29.0. The molecule has 1 aromatic rings. The van der Waals surface area contributed by atoms with E-state index in [1.165, 1.54) is 11.5 Å². The van der Waals surface area contributed by atoms with Crippen LogP contribution in [-0.4, -0.2) is 15.8 Å². The van der Waals surface area contributed by atoms with Gasteiger partial charge in [0.05, 0.1) is 6.54 Å². The Kier molecular flexibility index (Phi) is 1.80. The average molecular weight is 192 g/mol. The summed E-state index contributed by atoms with van der Waals surface area (Å²) in [5, 5.41) is 0. The maximum Gasteiger partial charge on any atom is 0.444 e.